The van der Waals surface area contributed by atoms with Gasteiger partial charge < -0.3 is 10.5 Å². The predicted molar refractivity (Wildman–Crippen MR) is 66.3 cm³/mol. The van der Waals surface area contributed by atoms with E-state index in [-0.39, 0.29) is 11.9 Å². The van der Waals surface area contributed by atoms with Crippen molar-refractivity contribution in [2.75, 3.05) is 7.11 Å². The first-order chi connectivity index (χ1) is 7.93. The molecule has 100 valence electrons. The monoisotopic (exact) mass is 244 g/mol. The lowest BCUT2D eigenvalue weighted by atomic mass is 10.0. The molecule has 2 atom stereocenters. The molecule has 0 aromatic heterocycles. The van der Waals surface area contributed by atoms with Crippen LogP contribution in [0, 0.1) is 5.92 Å². The second-order valence-electron chi connectivity index (χ2n) is 4.51. The van der Waals surface area contributed by atoms with E-state index in [2.05, 4.69) is 5.32 Å². The molecule has 0 aliphatic heterocycles. The molecule has 0 aromatic rings. The number of unbranched alkanes of at least 4 members (excludes halogenated alkanes) is 1. The van der Waals surface area contributed by atoms with E-state index < -0.39 is 18.0 Å². The molecule has 5 nitrogen and oxygen atoms in total. The number of carbonyl (C=O) groups is 2. The van der Waals surface area contributed by atoms with Gasteiger partial charge in [0.15, 0.2) is 0 Å². The van der Waals surface area contributed by atoms with Gasteiger partial charge in [0.05, 0.1) is 13.2 Å². The number of methoxy groups -OCH3 is 1. The lowest BCUT2D eigenvalue weighted by Crippen LogP contribution is -2.52. The summed E-state index contributed by atoms with van der Waals surface area (Å²) in [4.78, 5) is 22.8. The molecule has 0 fully saturated rings. The maximum Gasteiger partial charge on any atom is 0.322 e. The maximum absolute atomic E-state index is 11.6. The molecule has 0 radical (unpaired) electrons. The largest absolute Gasteiger partial charge is 0.468 e. The molecule has 2 unspecified atom stereocenters. The van der Waals surface area contributed by atoms with Crippen molar-refractivity contribution in [3.05, 3.63) is 0 Å². The normalized spacial score (nSPS) is 14.4. The first kappa shape index (κ1) is 15.9. The first-order valence-corrected chi connectivity index (χ1v) is 6.07. The average Bonchev–Trinajstić information content (AvgIpc) is 2.27. The minimum Gasteiger partial charge on any atom is -0.468 e. The summed E-state index contributed by atoms with van der Waals surface area (Å²) in [5.74, 6) is -0.739. The lowest BCUT2D eigenvalue weighted by Gasteiger charge is -2.24. The molecule has 0 spiro atoms. The number of primary amides is 1. The molecule has 0 aliphatic rings. The van der Waals surface area contributed by atoms with Gasteiger partial charge in [0.25, 0.3) is 0 Å². The zero-order chi connectivity index (χ0) is 13.4. The first-order valence-electron chi connectivity index (χ1n) is 6.07. The van der Waals surface area contributed by atoms with Crippen LogP contribution >= 0.6 is 0 Å². The maximum atomic E-state index is 11.6. The number of hydrogen-bond donors (Lipinski definition) is 2. The van der Waals surface area contributed by atoms with Crippen molar-refractivity contribution in [3.63, 3.8) is 0 Å². The van der Waals surface area contributed by atoms with Crippen molar-refractivity contribution in [1.29, 1.82) is 0 Å². The molecule has 0 saturated carbocycles. The molecule has 5 heteroatoms. The van der Waals surface area contributed by atoms with Gasteiger partial charge in [-0.25, -0.2) is 0 Å². The Hall–Kier alpha value is -1.10. The Morgan fingerprint density at radius 1 is 1.35 bits per heavy atom. The van der Waals surface area contributed by atoms with Crippen molar-refractivity contribution in [2.45, 2.75) is 52.1 Å². The quantitative estimate of drug-likeness (QED) is 0.619. The van der Waals surface area contributed by atoms with E-state index in [0.29, 0.717) is 6.42 Å². The number of hydrogen-bond acceptors (Lipinski definition) is 4. The molecule has 0 aromatic carbocycles. The van der Waals surface area contributed by atoms with Crippen LogP contribution in [-0.2, 0) is 14.3 Å². The molecule has 0 heterocycles. The third kappa shape index (κ3) is 5.68. The van der Waals surface area contributed by atoms with Crippen LogP contribution in [0.15, 0.2) is 0 Å². The number of amides is 1. The van der Waals surface area contributed by atoms with Gasteiger partial charge in [-0.05, 0) is 12.3 Å². The Balaban J connectivity index is 4.58. The molecular formula is C12H24N2O3. The van der Waals surface area contributed by atoms with Crippen LogP contribution in [0.1, 0.15) is 40.0 Å². The second kappa shape index (κ2) is 8.06. The second-order valence-corrected chi connectivity index (χ2v) is 4.51. The topological polar surface area (TPSA) is 81.4 Å². The summed E-state index contributed by atoms with van der Waals surface area (Å²) < 4.78 is 4.72. The Morgan fingerprint density at radius 3 is 2.29 bits per heavy atom. The summed E-state index contributed by atoms with van der Waals surface area (Å²) >= 11 is 0. The van der Waals surface area contributed by atoms with E-state index in [1.807, 2.05) is 20.8 Å². The molecular weight excluding hydrogens is 220 g/mol. The fourth-order valence-corrected chi connectivity index (χ4v) is 1.64. The molecule has 0 rings (SSSR count). The van der Waals surface area contributed by atoms with E-state index in [1.165, 1.54) is 7.11 Å². The minimum absolute atomic E-state index is 0.0429. The van der Waals surface area contributed by atoms with Crippen LogP contribution in [0.4, 0.5) is 0 Å². The van der Waals surface area contributed by atoms with E-state index in [1.54, 1.807) is 0 Å². The summed E-state index contributed by atoms with van der Waals surface area (Å²) in [6, 6.07) is -0.962. The van der Waals surface area contributed by atoms with Gasteiger partial charge in [0.1, 0.15) is 6.04 Å². The fraction of sp³-hybridized carbons (Fsp3) is 0.833. The molecule has 3 N–H and O–H groups in total. The van der Waals surface area contributed by atoms with E-state index >= 15 is 0 Å². The molecule has 1 amide bonds. The van der Waals surface area contributed by atoms with Crippen molar-refractivity contribution < 1.29 is 14.3 Å². The average molecular weight is 244 g/mol. The number of ether oxygens (including phenoxy) is 1. The third-order valence-electron chi connectivity index (χ3n) is 2.69. The number of esters is 1. The van der Waals surface area contributed by atoms with Crippen LogP contribution in [0.25, 0.3) is 0 Å². The summed E-state index contributed by atoms with van der Waals surface area (Å²) in [6.07, 6.45) is 2.54. The molecule has 0 bridgehead atoms. The summed E-state index contributed by atoms with van der Waals surface area (Å²) in [5.41, 5.74) is 5.30. The van der Waals surface area contributed by atoms with Gasteiger partial charge in [-0.1, -0.05) is 33.6 Å². The van der Waals surface area contributed by atoms with Crippen molar-refractivity contribution >= 4 is 11.9 Å². The standard InChI is InChI=1S/C12H24N2O3/c1-5-6-7-9(12(16)17-4)14-10(8(2)3)11(13)15/h8-10,14H,5-7H2,1-4H3,(H2,13,15). The van der Waals surface area contributed by atoms with Crippen LogP contribution < -0.4 is 11.1 Å². The SMILES string of the molecule is CCCCC(NC(C(N)=O)C(C)C)C(=O)OC. The smallest absolute Gasteiger partial charge is 0.322 e. The highest BCUT2D eigenvalue weighted by Crippen LogP contribution is 2.08. The Kier molecular flexibility index (Phi) is 7.54. The number of nitrogens with two attached hydrogens (primary N) is 1. The number of nitrogens with one attached hydrogen (secondary N) is 1. The summed E-state index contributed by atoms with van der Waals surface area (Å²) in [7, 11) is 1.34. The third-order valence-corrected chi connectivity index (χ3v) is 2.69. The highest BCUT2D eigenvalue weighted by molar-refractivity contribution is 5.82. The Bertz CT molecular complexity index is 254. The predicted octanol–water partition coefficient (Wildman–Crippen LogP) is 0.818. The Labute approximate surface area is 103 Å². The van der Waals surface area contributed by atoms with Crippen molar-refractivity contribution in [2.24, 2.45) is 11.7 Å². The van der Waals surface area contributed by atoms with E-state index in [9.17, 15) is 9.59 Å². The molecule has 17 heavy (non-hydrogen) atoms. The van der Waals surface area contributed by atoms with Gasteiger partial charge >= 0.3 is 5.97 Å². The van der Waals surface area contributed by atoms with E-state index in [0.717, 1.165) is 12.8 Å². The molecule has 0 aliphatic carbocycles. The van der Waals surface area contributed by atoms with Gasteiger partial charge in [0.2, 0.25) is 5.91 Å². The zero-order valence-electron chi connectivity index (χ0n) is 11.2. The summed E-state index contributed by atoms with van der Waals surface area (Å²) in [5, 5.41) is 2.99. The van der Waals surface area contributed by atoms with Gasteiger partial charge in [0, 0.05) is 0 Å². The van der Waals surface area contributed by atoms with Crippen LogP contribution in [-0.4, -0.2) is 31.1 Å². The van der Waals surface area contributed by atoms with Crippen LogP contribution in [0.2, 0.25) is 0 Å². The van der Waals surface area contributed by atoms with Crippen LogP contribution in [0.5, 0.6) is 0 Å². The van der Waals surface area contributed by atoms with E-state index in [4.69, 9.17) is 10.5 Å². The van der Waals surface area contributed by atoms with Crippen molar-refractivity contribution in [3.8, 4) is 0 Å². The lowest BCUT2D eigenvalue weighted by molar-refractivity contribution is -0.143. The van der Waals surface area contributed by atoms with Crippen molar-refractivity contribution in [1.82, 2.24) is 5.32 Å². The highest BCUT2D eigenvalue weighted by Gasteiger charge is 2.27. The minimum atomic E-state index is -0.504. The van der Waals surface area contributed by atoms with Gasteiger partial charge in [-0.2, -0.15) is 0 Å². The Morgan fingerprint density at radius 2 is 1.94 bits per heavy atom. The van der Waals surface area contributed by atoms with Gasteiger partial charge in [-0.3, -0.25) is 14.9 Å². The zero-order valence-corrected chi connectivity index (χ0v) is 11.2. The van der Waals surface area contributed by atoms with Crippen LogP contribution in [0.3, 0.4) is 0 Å². The highest BCUT2D eigenvalue weighted by atomic mass is 16.5. The molecule has 0 saturated heterocycles. The van der Waals surface area contributed by atoms with Gasteiger partial charge in [-0.15, -0.1) is 0 Å². The number of carbonyl (C=O) groups excluding carboxylic acids is 2. The fourth-order valence-electron chi connectivity index (χ4n) is 1.64. The number of rotatable bonds is 8. The summed E-state index contributed by atoms with van der Waals surface area (Å²) in [6.45, 7) is 5.82.